The van der Waals surface area contributed by atoms with Crippen LogP contribution in [-0.2, 0) is 20.8 Å². The van der Waals surface area contributed by atoms with E-state index in [0.29, 0.717) is 0 Å². The number of nitrogens with one attached hydrogen (secondary N) is 4. The Kier molecular flexibility index (Phi) is 8.91. The number of pyridine rings is 1. The smallest absolute Gasteiger partial charge is 0.426 e. The maximum atomic E-state index is 13.9. The van der Waals surface area contributed by atoms with Crippen molar-refractivity contribution in [3.63, 3.8) is 0 Å². The Bertz CT molecular complexity index is 1590. The molecule has 4 N–H and O–H groups in total. The Morgan fingerprint density at radius 1 is 0.841 bits per heavy atom. The normalized spacial score (nSPS) is 20.8. The van der Waals surface area contributed by atoms with Gasteiger partial charge in [0.25, 0.3) is 17.2 Å². The summed E-state index contributed by atoms with van der Waals surface area (Å²) in [6, 6.07) is 10.1. The highest BCUT2D eigenvalue weighted by atomic mass is 35.5. The second-order valence-electron chi connectivity index (χ2n) is 9.08. The van der Waals surface area contributed by atoms with E-state index in [1.54, 1.807) is 0 Å². The lowest BCUT2D eigenvalue weighted by Crippen LogP contribution is -2.58. The van der Waals surface area contributed by atoms with E-state index in [4.69, 9.17) is 23.2 Å². The molecule has 3 aromatic rings. The second-order valence-corrected chi connectivity index (χ2v) is 9.95. The minimum atomic E-state index is -5.00. The number of hydrogen-bond donors (Lipinski definition) is 4. The molecule has 0 aliphatic carbocycles. The summed E-state index contributed by atoms with van der Waals surface area (Å²) in [5.74, 6) is -0.769. The summed E-state index contributed by atoms with van der Waals surface area (Å²) in [7, 11) is 1.05. The van der Waals surface area contributed by atoms with E-state index >= 15 is 0 Å². The van der Waals surface area contributed by atoms with E-state index in [2.05, 4.69) is 30.4 Å². The lowest BCUT2D eigenvalue weighted by Gasteiger charge is -2.39. The van der Waals surface area contributed by atoms with Crippen LogP contribution in [0.25, 0.3) is 0 Å². The number of halogens is 8. The Balaban J connectivity index is 0.000000215. The number of alkyl halides is 6. The van der Waals surface area contributed by atoms with Crippen molar-refractivity contribution in [2.45, 2.75) is 23.7 Å². The minimum Gasteiger partial charge on any atom is -0.426 e. The predicted octanol–water partition coefficient (Wildman–Crippen LogP) is 6.32. The van der Waals surface area contributed by atoms with Gasteiger partial charge in [-0.15, -0.1) is 0 Å². The molecule has 0 spiro atoms. The molecule has 10 nitrogen and oxygen atoms in total. The SMILES string of the molecule is CNC1(C(F)(F)F)OC(=O)Nc2ccc(Cl)cc21.O=C1Nc2ccc(Cl)cc2C(CNC(=O)c2ccncc2)(C(F)(F)F)O1. The number of hydrogen-bond acceptors (Lipinski definition) is 7. The van der Waals surface area contributed by atoms with Gasteiger partial charge in [-0.1, -0.05) is 23.2 Å². The summed E-state index contributed by atoms with van der Waals surface area (Å²) < 4.78 is 90.4. The van der Waals surface area contributed by atoms with Crippen LogP contribution in [0.2, 0.25) is 10.0 Å². The van der Waals surface area contributed by atoms with Gasteiger partial charge in [0.2, 0.25) is 0 Å². The molecule has 2 aliphatic rings. The Morgan fingerprint density at radius 2 is 1.36 bits per heavy atom. The Labute approximate surface area is 254 Å². The first-order valence-electron chi connectivity index (χ1n) is 12.1. The van der Waals surface area contributed by atoms with Crippen molar-refractivity contribution in [3.8, 4) is 0 Å². The zero-order valence-corrected chi connectivity index (χ0v) is 23.5. The molecule has 2 aromatic carbocycles. The lowest BCUT2D eigenvalue weighted by atomic mass is 9.89. The van der Waals surface area contributed by atoms with Crippen LogP contribution in [0, 0.1) is 0 Å². The van der Waals surface area contributed by atoms with Crippen LogP contribution < -0.4 is 21.3 Å². The molecule has 0 saturated heterocycles. The molecule has 2 atom stereocenters. The molecule has 18 heteroatoms. The number of nitrogens with zero attached hydrogens (tertiary/aromatic N) is 1. The van der Waals surface area contributed by atoms with Gasteiger partial charge in [0.1, 0.15) is 0 Å². The zero-order valence-electron chi connectivity index (χ0n) is 22.0. The van der Waals surface area contributed by atoms with Crippen molar-refractivity contribution in [2.24, 2.45) is 0 Å². The number of carbonyl (C=O) groups excluding carboxylic acids is 3. The van der Waals surface area contributed by atoms with E-state index in [-0.39, 0.29) is 32.5 Å². The van der Waals surface area contributed by atoms with Crippen LogP contribution in [0.3, 0.4) is 0 Å². The van der Waals surface area contributed by atoms with Crippen LogP contribution >= 0.6 is 23.2 Å². The standard InChI is InChI=1S/C16H11ClF3N3O3.C10H8ClF3N2O2/c17-10-1-2-12-11(7-10)15(16(18,19)20,26-14(25)23-12)8-22-13(24)9-3-5-21-6-4-9;1-15-9(10(12,13)14)6-4-5(11)2-3-7(6)16-8(17)18-9/h1-7H,8H2,(H,22,24)(H,23,25);2-4,15H,1H3,(H,16,17). The van der Waals surface area contributed by atoms with Crippen molar-refractivity contribution < 1.29 is 50.2 Å². The first-order chi connectivity index (χ1) is 20.5. The second kappa shape index (κ2) is 12.0. The van der Waals surface area contributed by atoms with Crippen molar-refractivity contribution >= 4 is 52.7 Å². The van der Waals surface area contributed by atoms with Gasteiger partial charge in [-0.25, -0.2) is 9.59 Å². The van der Waals surface area contributed by atoms with Crippen molar-refractivity contribution in [2.75, 3.05) is 24.2 Å². The monoisotopic (exact) mass is 665 g/mol. The summed E-state index contributed by atoms with van der Waals surface area (Å²) in [4.78, 5) is 38.8. The van der Waals surface area contributed by atoms with Crippen LogP contribution in [0.5, 0.6) is 0 Å². The number of benzene rings is 2. The number of fused-ring (bicyclic) bond motifs is 2. The fourth-order valence-electron chi connectivity index (χ4n) is 4.34. The molecule has 0 radical (unpaired) electrons. The summed E-state index contributed by atoms with van der Waals surface area (Å²) >= 11 is 11.5. The highest BCUT2D eigenvalue weighted by Crippen LogP contribution is 2.48. The maximum Gasteiger partial charge on any atom is 0.447 e. The third-order valence-corrected chi connectivity index (χ3v) is 6.88. The topological polar surface area (TPSA) is 131 Å². The highest BCUT2D eigenvalue weighted by Gasteiger charge is 2.63. The number of ether oxygens (including phenoxy) is 2. The number of cyclic esters (lactones) is 2. The van der Waals surface area contributed by atoms with Crippen LogP contribution in [0.15, 0.2) is 60.9 Å². The third-order valence-electron chi connectivity index (χ3n) is 6.41. The average molecular weight is 666 g/mol. The summed E-state index contributed by atoms with van der Waals surface area (Å²) in [6.07, 6.45) is -9.64. The summed E-state index contributed by atoms with van der Waals surface area (Å²) in [5, 5.41) is 8.68. The molecule has 0 bridgehead atoms. The number of anilines is 2. The number of carbonyl (C=O) groups is 3. The number of amides is 3. The molecular formula is C26H19Cl2F6N5O5. The van der Waals surface area contributed by atoms with Crippen LogP contribution in [-0.4, -0.2) is 49.0 Å². The van der Waals surface area contributed by atoms with E-state index in [1.807, 2.05) is 5.32 Å². The van der Waals surface area contributed by atoms with Gasteiger partial charge >= 0.3 is 24.5 Å². The largest absolute Gasteiger partial charge is 0.447 e. The van der Waals surface area contributed by atoms with E-state index < -0.39 is 53.9 Å². The number of aromatic nitrogens is 1. The molecule has 2 aliphatic heterocycles. The van der Waals surface area contributed by atoms with Crippen molar-refractivity contribution in [1.82, 2.24) is 15.6 Å². The van der Waals surface area contributed by atoms with Gasteiger partial charge in [-0.2, -0.15) is 26.3 Å². The first kappa shape index (κ1) is 32.6. The average Bonchev–Trinajstić information content (AvgIpc) is 2.95. The van der Waals surface area contributed by atoms with E-state index in [0.717, 1.165) is 19.2 Å². The van der Waals surface area contributed by atoms with Crippen molar-refractivity contribution in [3.05, 3.63) is 87.7 Å². The molecule has 0 saturated carbocycles. The molecule has 234 valence electrons. The summed E-state index contributed by atoms with van der Waals surface area (Å²) in [5.41, 5.74) is -6.63. The molecule has 44 heavy (non-hydrogen) atoms. The van der Waals surface area contributed by atoms with E-state index in [9.17, 15) is 40.7 Å². The Morgan fingerprint density at radius 3 is 1.89 bits per heavy atom. The van der Waals surface area contributed by atoms with E-state index in [1.165, 1.54) is 48.8 Å². The fraction of sp³-hybridized carbons (Fsp3) is 0.231. The summed E-state index contributed by atoms with van der Waals surface area (Å²) in [6.45, 7) is -1.02. The van der Waals surface area contributed by atoms with Crippen LogP contribution in [0.1, 0.15) is 21.5 Å². The fourth-order valence-corrected chi connectivity index (χ4v) is 4.69. The van der Waals surface area contributed by atoms with Gasteiger partial charge < -0.3 is 14.8 Å². The van der Waals surface area contributed by atoms with Gasteiger partial charge in [0.05, 0.1) is 17.9 Å². The quantitative estimate of drug-likeness (QED) is 0.240. The van der Waals surface area contributed by atoms with Gasteiger partial charge in [0, 0.05) is 39.1 Å². The maximum absolute atomic E-state index is 13.9. The molecule has 3 heterocycles. The molecule has 0 fully saturated rings. The molecular weight excluding hydrogens is 647 g/mol. The van der Waals surface area contributed by atoms with Gasteiger partial charge in [0.15, 0.2) is 0 Å². The number of rotatable bonds is 4. The lowest BCUT2D eigenvalue weighted by molar-refractivity contribution is -0.275. The molecule has 5 rings (SSSR count). The molecule has 1 aromatic heterocycles. The third kappa shape index (κ3) is 6.18. The Hall–Kier alpha value is -4.28. The molecule has 3 amide bonds. The molecule has 2 unspecified atom stereocenters. The van der Waals surface area contributed by atoms with Gasteiger partial charge in [-0.05, 0) is 55.6 Å². The van der Waals surface area contributed by atoms with Gasteiger partial charge in [-0.3, -0.25) is 25.7 Å². The minimum absolute atomic E-state index is 0.00215. The zero-order chi connectivity index (χ0) is 32.5. The first-order valence-corrected chi connectivity index (χ1v) is 12.9. The predicted molar refractivity (Wildman–Crippen MR) is 144 cm³/mol. The highest BCUT2D eigenvalue weighted by molar-refractivity contribution is 6.31. The van der Waals surface area contributed by atoms with Crippen LogP contribution in [0.4, 0.5) is 47.3 Å². The van der Waals surface area contributed by atoms with Crippen molar-refractivity contribution in [1.29, 1.82) is 0 Å².